The molecule has 0 aliphatic carbocycles. The van der Waals surface area contributed by atoms with Crippen molar-refractivity contribution in [3.05, 3.63) is 62.2 Å². The molecule has 0 aliphatic rings. The summed E-state index contributed by atoms with van der Waals surface area (Å²) in [6.07, 6.45) is 3.50. The fourth-order valence-electron chi connectivity index (χ4n) is 3.42. The maximum atomic E-state index is 13.1. The molecule has 0 aliphatic heterocycles. The number of esters is 1. The molecule has 1 heterocycles. The Morgan fingerprint density at radius 1 is 1.03 bits per heavy atom. The number of nitrogens with one attached hydrogen (secondary N) is 1. The van der Waals surface area contributed by atoms with Gasteiger partial charge in [-0.15, -0.1) is 0 Å². The van der Waals surface area contributed by atoms with Crippen LogP contribution in [0, 0.1) is 6.92 Å². The van der Waals surface area contributed by atoms with Crippen molar-refractivity contribution >= 4 is 17.6 Å². The van der Waals surface area contributed by atoms with E-state index in [4.69, 9.17) is 9.15 Å². The molecule has 30 heavy (non-hydrogen) atoms. The zero-order valence-corrected chi connectivity index (χ0v) is 18.5. The Labute approximate surface area is 177 Å². The van der Waals surface area contributed by atoms with E-state index in [0.29, 0.717) is 48.6 Å². The van der Waals surface area contributed by atoms with Gasteiger partial charge in [0.1, 0.15) is 17.1 Å². The third-order valence-electron chi connectivity index (χ3n) is 4.94. The number of anilines is 1. The smallest absolute Gasteiger partial charge is 0.338 e. The number of unbranched alkanes of at least 4 members (excludes halogenated alkanes) is 1. The van der Waals surface area contributed by atoms with E-state index in [1.54, 1.807) is 26.0 Å². The molecule has 1 aromatic heterocycles. The summed E-state index contributed by atoms with van der Waals surface area (Å²) >= 11 is 0. The van der Waals surface area contributed by atoms with Gasteiger partial charge in [0.2, 0.25) is 0 Å². The van der Waals surface area contributed by atoms with Crippen LogP contribution in [0.5, 0.6) is 0 Å². The highest BCUT2D eigenvalue weighted by atomic mass is 16.5. The predicted octanol–water partition coefficient (Wildman–Crippen LogP) is 4.84. The molecule has 0 atom stereocenters. The van der Waals surface area contributed by atoms with Crippen LogP contribution in [0.15, 0.2) is 27.4 Å². The summed E-state index contributed by atoms with van der Waals surface area (Å²) < 4.78 is 10.8. The lowest BCUT2D eigenvalue weighted by atomic mass is 9.98. The Morgan fingerprint density at radius 2 is 1.67 bits per heavy atom. The minimum Gasteiger partial charge on any atom is -0.465 e. The first-order chi connectivity index (χ1) is 14.4. The van der Waals surface area contributed by atoms with Gasteiger partial charge in [0.15, 0.2) is 5.43 Å². The zero-order valence-electron chi connectivity index (χ0n) is 18.5. The van der Waals surface area contributed by atoms with Crippen molar-refractivity contribution in [1.82, 2.24) is 0 Å². The van der Waals surface area contributed by atoms with E-state index in [0.717, 1.165) is 24.0 Å². The van der Waals surface area contributed by atoms with Gasteiger partial charge >= 0.3 is 5.97 Å². The lowest BCUT2D eigenvalue weighted by Crippen LogP contribution is -2.25. The van der Waals surface area contributed by atoms with Crippen molar-refractivity contribution in [3.63, 3.8) is 0 Å². The fraction of sp³-hybridized carbons (Fsp3) is 0.458. The second-order valence-corrected chi connectivity index (χ2v) is 7.17. The van der Waals surface area contributed by atoms with Crippen LogP contribution in [0.3, 0.4) is 0 Å². The van der Waals surface area contributed by atoms with Crippen LogP contribution in [-0.4, -0.2) is 18.5 Å². The van der Waals surface area contributed by atoms with Crippen LogP contribution in [0.25, 0.3) is 0 Å². The van der Waals surface area contributed by atoms with Gasteiger partial charge in [-0.05, 0) is 56.4 Å². The minimum absolute atomic E-state index is 0.0487. The third-order valence-corrected chi connectivity index (χ3v) is 4.94. The number of aryl methyl sites for hydroxylation is 4. The van der Waals surface area contributed by atoms with Gasteiger partial charge in [0, 0.05) is 18.2 Å². The lowest BCUT2D eigenvalue weighted by Gasteiger charge is -2.17. The highest BCUT2D eigenvalue weighted by molar-refractivity contribution is 6.06. The average molecular weight is 414 g/mol. The molecule has 0 saturated heterocycles. The van der Waals surface area contributed by atoms with E-state index in [-0.39, 0.29) is 17.0 Å². The second kappa shape index (κ2) is 10.8. The molecule has 6 nitrogen and oxygen atoms in total. The molecule has 0 saturated carbocycles. The molecule has 6 heteroatoms. The van der Waals surface area contributed by atoms with E-state index in [1.807, 2.05) is 20.8 Å². The van der Waals surface area contributed by atoms with Crippen molar-refractivity contribution in [2.45, 2.75) is 66.7 Å². The molecule has 0 bridgehead atoms. The van der Waals surface area contributed by atoms with Crippen LogP contribution in [0.2, 0.25) is 0 Å². The Morgan fingerprint density at radius 3 is 2.20 bits per heavy atom. The molecule has 1 amide bonds. The first-order valence-electron chi connectivity index (χ1n) is 10.6. The number of carbonyl (C=O) groups excluding carboxylic acids is 2. The highest BCUT2D eigenvalue weighted by Crippen LogP contribution is 2.26. The number of amides is 1. The molecule has 0 spiro atoms. The van der Waals surface area contributed by atoms with E-state index in [2.05, 4.69) is 5.32 Å². The van der Waals surface area contributed by atoms with E-state index in [1.165, 1.54) is 6.07 Å². The monoisotopic (exact) mass is 413 g/mol. The molecule has 2 rings (SSSR count). The number of ether oxygens (including phenoxy) is 1. The second-order valence-electron chi connectivity index (χ2n) is 7.17. The van der Waals surface area contributed by atoms with Gasteiger partial charge in [0.05, 0.1) is 12.2 Å². The molecule has 0 unspecified atom stereocenters. The summed E-state index contributed by atoms with van der Waals surface area (Å²) in [4.78, 5) is 37.9. The molecular formula is C24H31NO5. The number of carbonyl (C=O) groups is 2. The number of benzene rings is 1. The SMILES string of the molecule is CCCCc1oc(C)cc(=O)c1C(=O)Nc1c(CC)cc(C(=O)OCC)cc1CC. The first kappa shape index (κ1) is 23.4. The Bertz CT molecular complexity index is 949. The fourth-order valence-corrected chi connectivity index (χ4v) is 3.42. The van der Waals surface area contributed by atoms with Crippen LogP contribution in [0.1, 0.15) is 83.9 Å². The molecule has 1 N–H and O–H groups in total. The molecule has 162 valence electrons. The van der Waals surface area contributed by atoms with E-state index < -0.39 is 5.91 Å². The largest absolute Gasteiger partial charge is 0.465 e. The Hall–Kier alpha value is -2.89. The van der Waals surface area contributed by atoms with Gasteiger partial charge in [-0.25, -0.2) is 4.79 Å². The van der Waals surface area contributed by atoms with Crippen molar-refractivity contribution in [1.29, 1.82) is 0 Å². The van der Waals surface area contributed by atoms with Crippen LogP contribution < -0.4 is 10.7 Å². The van der Waals surface area contributed by atoms with E-state index in [9.17, 15) is 14.4 Å². The number of hydrogen-bond donors (Lipinski definition) is 1. The van der Waals surface area contributed by atoms with Crippen LogP contribution in [-0.2, 0) is 24.0 Å². The summed E-state index contributed by atoms with van der Waals surface area (Å²) in [5, 5.41) is 2.92. The summed E-state index contributed by atoms with van der Waals surface area (Å²) in [6.45, 7) is 9.70. The first-order valence-corrected chi connectivity index (χ1v) is 10.6. The minimum atomic E-state index is -0.483. The highest BCUT2D eigenvalue weighted by Gasteiger charge is 2.22. The summed E-state index contributed by atoms with van der Waals surface area (Å²) in [5.41, 5.74) is 2.44. The van der Waals surface area contributed by atoms with Gasteiger partial charge < -0.3 is 14.5 Å². The molecule has 1 aromatic carbocycles. The van der Waals surface area contributed by atoms with Gasteiger partial charge in [-0.1, -0.05) is 27.2 Å². The number of rotatable bonds is 9. The molecular weight excluding hydrogens is 382 g/mol. The zero-order chi connectivity index (χ0) is 22.3. The maximum Gasteiger partial charge on any atom is 0.338 e. The summed E-state index contributed by atoms with van der Waals surface area (Å²) in [5.74, 6) is 0.0347. The average Bonchev–Trinajstić information content (AvgIpc) is 2.71. The standard InChI is InChI=1S/C24H31NO5/c1-6-10-11-20-21(19(26)12-15(5)30-20)23(27)25-22-16(7-2)13-18(14-17(22)8-3)24(28)29-9-4/h12-14H,6-11H2,1-5H3,(H,25,27). The van der Waals surface area contributed by atoms with Crippen molar-refractivity contribution < 1.29 is 18.7 Å². The van der Waals surface area contributed by atoms with Crippen molar-refractivity contribution in [2.24, 2.45) is 0 Å². The van der Waals surface area contributed by atoms with Gasteiger partial charge in [-0.3, -0.25) is 9.59 Å². The summed E-state index contributed by atoms with van der Waals surface area (Å²) in [7, 11) is 0. The lowest BCUT2D eigenvalue weighted by molar-refractivity contribution is 0.0526. The quantitative estimate of drug-likeness (QED) is 0.594. The van der Waals surface area contributed by atoms with Crippen molar-refractivity contribution in [2.75, 3.05) is 11.9 Å². The molecule has 0 radical (unpaired) electrons. The Balaban J connectivity index is 2.48. The third kappa shape index (κ3) is 5.38. The normalized spacial score (nSPS) is 10.7. The molecule has 2 aromatic rings. The predicted molar refractivity (Wildman–Crippen MR) is 117 cm³/mol. The van der Waals surface area contributed by atoms with Crippen LogP contribution in [0.4, 0.5) is 5.69 Å². The van der Waals surface area contributed by atoms with E-state index >= 15 is 0 Å². The maximum absolute atomic E-state index is 13.1. The van der Waals surface area contributed by atoms with Gasteiger partial charge in [0.25, 0.3) is 5.91 Å². The molecule has 0 fully saturated rings. The Kier molecular flexibility index (Phi) is 8.39. The summed E-state index contributed by atoms with van der Waals surface area (Å²) in [6, 6.07) is 4.82. The number of hydrogen-bond acceptors (Lipinski definition) is 5. The van der Waals surface area contributed by atoms with Crippen LogP contribution >= 0.6 is 0 Å². The topological polar surface area (TPSA) is 85.6 Å². The van der Waals surface area contributed by atoms with Crippen molar-refractivity contribution in [3.8, 4) is 0 Å². The van der Waals surface area contributed by atoms with Gasteiger partial charge in [-0.2, -0.15) is 0 Å².